The van der Waals surface area contributed by atoms with Crippen molar-refractivity contribution in [3.8, 4) is 0 Å². The molecule has 86 valence electrons. The number of rotatable bonds is 5. The third kappa shape index (κ3) is 2.64. The van der Waals surface area contributed by atoms with Crippen LogP contribution in [0.4, 0.5) is 5.69 Å². The van der Waals surface area contributed by atoms with Crippen LogP contribution in [-0.4, -0.2) is 9.78 Å². The Hall–Kier alpha value is -1.29. The van der Waals surface area contributed by atoms with Gasteiger partial charge in [-0.2, -0.15) is 5.10 Å². The lowest BCUT2D eigenvalue weighted by atomic mass is 10.3. The van der Waals surface area contributed by atoms with Gasteiger partial charge in [0, 0.05) is 17.6 Å². The van der Waals surface area contributed by atoms with Gasteiger partial charge in [0.1, 0.15) is 0 Å². The smallest absolute Gasteiger partial charge is 0.0731 e. The van der Waals surface area contributed by atoms with Gasteiger partial charge in [-0.05, 0) is 24.8 Å². The van der Waals surface area contributed by atoms with Crippen molar-refractivity contribution in [2.45, 2.75) is 32.9 Å². The van der Waals surface area contributed by atoms with Gasteiger partial charge < -0.3 is 5.32 Å². The molecular weight excluding hydrogens is 218 g/mol. The standard InChI is InChI=1S/C12H17N3S/c1-3-6-15-9-11(8-13-15)14-10(2)12-5-4-7-16-12/h4-5,7-10,14H,3,6H2,1-2H3. The van der Waals surface area contributed by atoms with E-state index >= 15 is 0 Å². The molecule has 4 heteroatoms. The van der Waals surface area contributed by atoms with Crippen LogP contribution in [0.5, 0.6) is 0 Å². The van der Waals surface area contributed by atoms with Crippen LogP contribution in [-0.2, 0) is 6.54 Å². The first-order chi connectivity index (χ1) is 7.79. The third-order valence-corrected chi connectivity index (χ3v) is 3.49. The number of hydrogen-bond acceptors (Lipinski definition) is 3. The fraction of sp³-hybridized carbons (Fsp3) is 0.417. The number of aryl methyl sites for hydroxylation is 1. The molecule has 0 aliphatic heterocycles. The molecule has 0 radical (unpaired) electrons. The molecule has 2 aromatic heterocycles. The average molecular weight is 235 g/mol. The van der Waals surface area contributed by atoms with E-state index in [2.05, 4.69) is 48.0 Å². The van der Waals surface area contributed by atoms with E-state index < -0.39 is 0 Å². The quantitative estimate of drug-likeness (QED) is 0.859. The van der Waals surface area contributed by atoms with Crippen LogP contribution < -0.4 is 5.32 Å². The van der Waals surface area contributed by atoms with Crippen molar-refractivity contribution in [1.82, 2.24) is 9.78 Å². The highest BCUT2D eigenvalue weighted by Crippen LogP contribution is 2.22. The first-order valence-corrected chi connectivity index (χ1v) is 6.50. The Bertz CT molecular complexity index is 419. The van der Waals surface area contributed by atoms with Gasteiger partial charge in [-0.1, -0.05) is 13.0 Å². The van der Waals surface area contributed by atoms with E-state index in [4.69, 9.17) is 0 Å². The van der Waals surface area contributed by atoms with Gasteiger partial charge in [0.2, 0.25) is 0 Å². The zero-order valence-electron chi connectivity index (χ0n) is 9.68. The fourth-order valence-corrected chi connectivity index (χ4v) is 2.38. The normalized spacial score (nSPS) is 12.6. The van der Waals surface area contributed by atoms with Gasteiger partial charge in [0.15, 0.2) is 0 Å². The maximum atomic E-state index is 4.30. The fourth-order valence-electron chi connectivity index (χ4n) is 1.65. The highest BCUT2D eigenvalue weighted by Gasteiger charge is 2.06. The number of aromatic nitrogens is 2. The Labute approximate surface area is 100 Å². The van der Waals surface area contributed by atoms with Crippen molar-refractivity contribution in [3.63, 3.8) is 0 Å². The van der Waals surface area contributed by atoms with E-state index in [1.165, 1.54) is 4.88 Å². The molecule has 3 nitrogen and oxygen atoms in total. The molecule has 2 aromatic rings. The monoisotopic (exact) mass is 235 g/mol. The minimum Gasteiger partial charge on any atom is -0.375 e. The second kappa shape index (κ2) is 5.16. The molecule has 1 atom stereocenters. The SMILES string of the molecule is CCCn1cc(NC(C)c2cccs2)cn1. The number of anilines is 1. The number of thiophene rings is 1. The summed E-state index contributed by atoms with van der Waals surface area (Å²) >= 11 is 1.78. The molecule has 2 rings (SSSR count). The topological polar surface area (TPSA) is 29.9 Å². The van der Waals surface area contributed by atoms with Gasteiger partial charge in [-0.3, -0.25) is 4.68 Å². The van der Waals surface area contributed by atoms with Crippen molar-refractivity contribution in [2.24, 2.45) is 0 Å². The molecule has 0 saturated carbocycles. The van der Waals surface area contributed by atoms with Crippen LogP contribution in [0.1, 0.15) is 31.2 Å². The molecule has 0 bridgehead atoms. The maximum Gasteiger partial charge on any atom is 0.0731 e. The Morgan fingerprint density at radius 1 is 1.56 bits per heavy atom. The van der Waals surface area contributed by atoms with Crippen LogP contribution in [0, 0.1) is 0 Å². The third-order valence-electron chi connectivity index (χ3n) is 2.44. The minimum absolute atomic E-state index is 0.347. The van der Waals surface area contributed by atoms with E-state index in [0.717, 1.165) is 18.7 Å². The Balaban J connectivity index is 1.98. The summed E-state index contributed by atoms with van der Waals surface area (Å²) in [5.74, 6) is 0. The van der Waals surface area contributed by atoms with Crippen LogP contribution in [0.3, 0.4) is 0 Å². The largest absolute Gasteiger partial charge is 0.375 e. The van der Waals surface area contributed by atoms with Crippen molar-refractivity contribution in [3.05, 3.63) is 34.8 Å². The minimum atomic E-state index is 0.347. The summed E-state index contributed by atoms with van der Waals surface area (Å²) in [6.45, 7) is 5.31. The van der Waals surface area contributed by atoms with Crippen molar-refractivity contribution >= 4 is 17.0 Å². The molecule has 0 fully saturated rings. The molecule has 0 amide bonds. The molecule has 1 unspecified atom stereocenters. The summed E-state index contributed by atoms with van der Waals surface area (Å²) < 4.78 is 1.98. The molecular formula is C12H17N3S. The Morgan fingerprint density at radius 2 is 2.44 bits per heavy atom. The summed E-state index contributed by atoms with van der Waals surface area (Å²) in [7, 11) is 0. The Kier molecular flexibility index (Phi) is 3.62. The van der Waals surface area contributed by atoms with Crippen LogP contribution in [0.25, 0.3) is 0 Å². The number of nitrogens with zero attached hydrogens (tertiary/aromatic N) is 2. The van der Waals surface area contributed by atoms with Gasteiger partial charge in [-0.25, -0.2) is 0 Å². The van der Waals surface area contributed by atoms with Gasteiger partial charge in [0.25, 0.3) is 0 Å². The molecule has 1 N–H and O–H groups in total. The summed E-state index contributed by atoms with van der Waals surface area (Å²) in [5.41, 5.74) is 1.09. The van der Waals surface area contributed by atoms with Crippen LogP contribution in [0.15, 0.2) is 29.9 Å². The number of nitrogens with one attached hydrogen (secondary N) is 1. The first-order valence-electron chi connectivity index (χ1n) is 5.62. The predicted octanol–water partition coefficient (Wildman–Crippen LogP) is 3.53. The highest BCUT2D eigenvalue weighted by molar-refractivity contribution is 7.10. The van der Waals surface area contributed by atoms with Gasteiger partial charge in [-0.15, -0.1) is 11.3 Å². The summed E-state index contributed by atoms with van der Waals surface area (Å²) in [4.78, 5) is 1.35. The molecule has 0 aliphatic rings. The lowest BCUT2D eigenvalue weighted by Crippen LogP contribution is -2.04. The lowest BCUT2D eigenvalue weighted by molar-refractivity contribution is 0.603. The average Bonchev–Trinajstić information content (AvgIpc) is 2.89. The zero-order chi connectivity index (χ0) is 11.4. The summed E-state index contributed by atoms with van der Waals surface area (Å²) in [5, 5.41) is 9.85. The van der Waals surface area contributed by atoms with Crippen molar-refractivity contribution < 1.29 is 0 Å². The maximum absolute atomic E-state index is 4.30. The zero-order valence-corrected chi connectivity index (χ0v) is 10.5. The second-order valence-corrected chi connectivity index (χ2v) is 4.85. The Morgan fingerprint density at radius 3 is 3.12 bits per heavy atom. The van der Waals surface area contributed by atoms with Crippen molar-refractivity contribution in [1.29, 1.82) is 0 Å². The van der Waals surface area contributed by atoms with Crippen molar-refractivity contribution in [2.75, 3.05) is 5.32 Å². The van der Waals surface area contributed by atoms with Crippen LogP contribution >= 0.6 is 11.3 Å². The molecule has 0 spiro atoms. The van der Waals surface area contributed by atoms with E-state index in [1.807, 2.05) is 10.9 Å². The first kappa shape index (κ1) is 11.2. The second-order valence-electron chi connectivity index (χ2n) is 3.87. The van der Waals surface area contributed by atoms with Gasteiger partial charge >= 0.3 is 0 Å². The number of hydrogen-bond donors (Lipinski definition) is 1. The van der Waals surface area contributed by atoms with Crippen LogP contribution in [0.2, 0.25) is 0 Å². The lowest BCUT2D eigenvalue weighted by Gasteiger charge is -2.11. The van der Waals surface area contributed by atoms with E-state index in [0.29, 0.717) is 6.04 Å². The molecule has 16 heavy (non-hydrogen) atoms. The molecule has 0 aliphatic carbocycles. The summed E-state index contributed by atoms with van der Waals surface area (Å²) in [6, 6.07) is 4.58. The van der Waals surface area contributed by atoms with E-state index in [-0.39, 0.29) is 0 Å². The van der Waals surface area contributed by atoms with Gasteiger partial charge in [0.05, 0.1) is 17.9 Å². The molecule has 0 saturated heterocycles. The van der Waals surface area contributed by atoms with E-state index in [9.17, 15) is 0 Å². The summed E-state index contributed by atoms with van der Waals surface area (Å²) in [6.07, 6.45) is 5.06. The van der Waals surface area contributed by atoms with E-state index in [1.54, 1.807) is 11.3 Å². The molecule has 2 heterocycles. The molecule has 0 aromatic carbocycles. The highest BCUT2D eigenvalue weighted by atomic mass is 32.1. The predicted molar refractivity (Wildman–Crippen MR) is 68.9 cm³/mol.